The second-order valence-corrected chi connectivity index (χ2v) is 2.65. The van der Waals surface area contributed by atoms with Crippen molar-refractivity contribution in [2.45, 2.75) is 19.8 Å². The summed E-state index contributed by atoms with van der Waals surface area (Å²) >= 11 is 0. The number of hydrogen-bond acceptors (Lipinski definition) is 2. The number of carboxylic acids is 1. The van der Waals surface area contributed by atoms with Gasteiger partial charge in [0.05, 0.1) is 13.2 Å². The van der Waals surface area contributed by atoms with Crippen molar-refractivity contribution >= 4 is 5.97 Å². The molecule has 1 saturated heterocycles. The van der Waals surface area contributed by atoms with Crippen molar-refractivity contribution < 1.29 is 14.6 Å². The lowest BCUT2D eigenvalue weighted by molar-refractivity contribution is -0.132. The topological polar surface area (TPSA) is 46.5 Å². The fourth-order valence-corrected chi connectivity index (χ4v) is 1.14. The van der Waals surface area contributed by atoms with E-state index in [1.807, 2.05) is 0 Å². The fraction of sp³-hybridized carbons (Fsp3) is 0.625. The summed E-state index contributed by atoms with van der Waals surface area (Å²) < 4.78 is 5.10. The molecule has 3 heteroatoms. The minimum absolute atomic E-state index is 0.494. The Balaban J connectivity index is 2.68. The maximum Gasteiger partial charge on any atom is 0.331 e. The van der Waals surface area contributed by atoms with Gasteiger partial charge < -0.3 is 9.84 Å². The summed E-state index contributed by atoms with van der Waals surface area (Å²) in [6.45, 7) is 2.99. The molecule has 1 fully saturated rings. The molecule has 11 heavy (non-hydrogen) atoms. The lowest BCUT2D eigenvalue weighted by Crippen LogP contribution is -2.11. The van der Waals surface area contributed by atoms with Crippen LogP contribution < -0.4 is 0 Å². The Morgan fingerprint density at radius 1 is 1.45 bits per heavy atom. The van der Waals surface area contributed by atoms with Crippen LogP contribution in [-0.2, 0) is 9.53 Å². The van der Waals surface area contributed by atoms with Crippen LogP contribution in [0.5, 0.6) is 0 Å². The first-order valence-corrected chi connectivity index (χ1v) is 3.71. The van der Waals surface area contributed by atoms with E-state index < -0.39 is 5.97 Å². The van der Waals surface area contributed by atoms with Gasteiger partial charge in [-0.25, -0.2) is 4.79 Å². The van der Waals surface area contributed by atoms with Crippen molar-refractivity contribution in [3.8, 4) is 0 Å². The van der Waals surface area contributed by atoms with Crippen LogP contribution in [0.15, 0.2) is 11.1 Å². The molecule has 0 atom stereocenters. The second kappa shape index (κ2) is 3.53. The third-order valence-corrected chi connectivity index (χ3v) is 1.95. The number of carbonyl (C=O) groups is 1. The van der Waals surface area contributed by atoms with Gasteiger partial charge in [0, 0.05) is 5.57 Å². The van der Waals surface area contributed by atoms with Crippen LogP contribution in [0.25, 0.3) is 0 Å². The highest BCUT2D eigenvalue weighted by molar-refractivity contribution is 5.86. The van der Waals surface area contributed by atoms with Gasteiger partial charge in [-0.05, 0) is 19.8 Å². The Morgan fingerprint density at radius 2 is 2.00 bits per heavy atom. The van der Waals surface area contributed by atoms with Crippen LogP contribution in [-0.4, -0.2) is 24.3 Å². The molecule has 3 nitrogen and oxygen atoms in total. The molecule has 0 aromatic heterocycles. The minimum Gasteiger partial charge on any atom is -0.478 e. The van der Waals surface area contributed by atoms with E-state index in [1.165, 1.54) is 0 Å². The van der Waals surface area contributed by atoms with Crippen LogP contribution in [0.4, 0.5) is 0 Å². The highest BCUT2D eigenvalue weighted by Gasteiger charge is 2.12. The molecular formula is C8H12O3. The molecule has 0 saturated carbocycles. The zero-order valence-corrected chi connectivity index (χ0v) is 6.59. The van der Waals surface area contributed by atoms with Gasteiger partial charge in [0.25, 0.3) is 0 Å². The molecule has 0 unspecified atom stereocenters. The largest absolute Gasteiger partial charge is 0.478 e. The summed E-state index contributed by atoms with van der Waals surface area (Å²) in [5.41, 5.74) is 1.53. The summed E-state index contributed by atoms with van der Waals surface area (Å²) in [5, 5.41) is 8.64. The first kappa shape index (κ1) is 8.27. The van der Waals surface area contributed by atoms with E-state index in [9.17, 15) is 4.79 Å². The van der Waals surface area contributed by atoms with E-state index in [-0.39, 0.29) is 0 Å². The standard InChI is InChI=1S/C8H12O3/c1-6(8(9)10)7-2-4-11-5-3-7/h2-5H2,1H3,(H,9,10). The Bertz CT molecular complexity index is 186. The van der Waals surface area contributed by atoms with E-state index in [1.54, 1.807) is 6.92 Å². The average molecular weight is 156 g/mol. The van der Waals surface area contributed by atoms with Gasteiger partial charge in [-0.2, -0.15) is 0 Å². The van der Waals surface area contributed by atoms with E-state index in [2.05, 4.69) is 0 Å². The van der Waals surface area contributed by atoms with Gasteiger partial charge in [-0.3, -0.25) is 0 Å². The molecule has 1 N–H and O–H groups in total. The van der Waals surface area contributed by atoms with Gasteiger partial charge in [-0.1, -0.05) is 5.57 Å². The van der Waals surface area contributed by atoms with Crippen molar-refractivity contribution in [2.24, 2.45) is 0 Å². The Labute approximate surface area is 65.7 Å². The fourth-order valence-electron chi connectivity index (χ4n) is 1.14. The van der Waals surface area contributed by atoms with Crippen LogP contribution in [0.2, 0.25) is 0 Å². The SMILES string of the molecule is CC(C(=O)O)=C1CCOCC1. The molecule has 0 spiro atoms. The molecule has 0 bridgehead atoms. The molecular weight excluding hydrogens is 144 g/mol. The molecule has 1 aliphatic rings. The van der Waals surface area contributed by atoms with Crippen molar-refractivity contribution in [1.29, 1.82) is 0 Å². The predicted octanol–water partition coefficient (Wildman–Crippen LogP) is 1.20. The van der Waals surface area contributed by atoms with Crippen molar-refractivity contribution in [2.75, 3.05) is 13.2 Å². The third-order valence-electron chi connectivity index (χ3n) is 1.95. The molecule has 0 amide bonds. The van der Waals surface area contributed by atoms with Crippen molar-refractivity contribution in [1.82, 2.24) is 0 Å². The lowest BCUT2D eigenvalue weighted by atomic mass is 10.0. The normalized spacial score (nSPS) is 18.1. The van der Waals surface area contributed by atoms with Crippen LogP contribution in [0, 0.1) is 0 Å². The van der Waals surface area contributed by atoms with E-state index in [4.69, 9.17) is 9.84 Å². The molecule has 0 aromatic rings. The Morgan fingerprint density at radius 3 is 2.45 bits per heavy atom. The number of aliphatic carboxylic acids is 1. The van der Waals surface area contributed by atoms with Gasteiger partial charge in [0.1, 0.15) is 0 Å². The number of carboxylic acid groups (broad SMARTS) is 1. The molecule has 62 valence electrons. The summed E-state index contributed by atoms with van der Waals surface area (Å²) in [4.78, 5) is 10.5. The second-order valence-electron chi connectivity index (χ2n) is 2.65. The molecule has 0 aromatic carbocycles. The predicted molar refractivity (Wildman–Crippen MR) is 40.4 cm³/mol. The lowest BCUT2D eigenvalue weighted by Gasteiger charge is -2.15. The Kier molecular flexibility index (Phi) is 2.65. The summed E-state index contributed by atoms with van der Waals surface area (Å²) in [6, 6.07) is 0. The minimum atomic E-state index is -0.804. The van der Waals surface area contributed by atoms with Crippen LogP contribution in [0.1, 0.15) is 19.8 Å². The number of rotatable bonds is 1. The quantitative estimate of drug-likeness (QED) is 0.580. The van der Waals surface area contributed by atoms with E-state index >= 15 is 0 Å². The van der Waals surface area contributed by atoms with Gasteiger partial charge in [0.2, 0.25) is 0 Å². The molecule has 1 heterocycles. The third kappa shape index (κ3) is 2.05. The van der Waals surface area contributed by atoms with Crippen LogP contribution in [0.3, 0.4) is 0 Å². The van der Waals surface area contributed by atoms with Crippen molar-refractivity contribution in [3.63, 3.8) is 0 Å². The summed E-state index contributed by atoms with van der Waals surface area (Å²) in [5.74, 6) is -0.804. The number of hydrogen-bond donors (Lipinski definition) is 1. The van der Waals surface area contributed by atoms with Gasteiger partial charge in [-0.15, -0.1) is 0 Å². The van der Waals surface area contributed by atoms with Gasteiger partial charge >= 0.3 is 5.97 Å². The van der Waals surface area contributed by atoms with E-state index in [0.29, 0.717) is 18.8 Å². The summed E-state index contributed by atoms with van der Waals surface area (Å²) in [7, 11) is 0. The smallest absolute Gasteiger partial charge is 0.331 e. The first-order chi connectivity index (χ1) is 5.22. The van der Waals surface area contributed by atoms with Crippen molar-refractivity contribution in [3.05, 3.63) is 11.1 Å². The van der Waals surface area contributed by atoms with Gasteiger partial charge in [0.15, 0.2) is 0 Å². The monoisotopic (exact) mass is 156 g/mol. The molecule has 0 radical (unpaired) electrons. The first-order valence-electron chi connectivity index (χ1n) is 3.71. The summed E-state index contributed by atoms with van der Waals surface area (Å²) in [6.07, 6.45) is 1.55. The number of ether oxygens (including phenoxy) is 1. The zero-order valence-electron chi connectivity index (χ0n) is 6.59. The maximum atomic E-state index is 10.5. The van der Waals surface area contributed by atoms with Crippen LogP contribution >= 0.6 is 0 Å². The highest BCUT2D eigenvalue weighted by Crippen LogP contribution is 2.17. The zero-order chi connectivity index (χ0) is 8.27. The highest BCUT2D eigenvalue weighted by atomic mass is 16.5. The molecule has 1 aliphatic heterocycles. The van der Waals surface area contributed by atoms with E-state index in [0.717, 1.165) is 18.4 Å². The molecule has 0 aliphatic carbocycles. The Hall–Kier alpha value is -0.830. The molecule has 1 rings (SSSR count). The maximum absolute atomic E-state index is 10.5. The average Bonchev–Trinajstić information content (AvgIpc) is 2.05.